The quantitative estimate of drug-likeness (QED) is 0.688. The fourth-order valence-corrected chi connectivity index (χ4v) is 2.90. The van der Waals surface area contributed by atoms with Gasteiger partial charge in [-0.2, -0.15) is 10.2 Å². The van der Waals surface area contributed by atoms with Crippen molar-refractivity contribution in [3.05, 3.63) is 47.3 Å². The summed E-state index contributed by atoms with van der Waals surface area (Å²) in [7, 11) is 0. The highest BCUT2D eigenvalue weighted by molar-refractivity contribution is 7.98. The molecular weight excluding hydrogens is 292 g/mol. The van der Waals surface area contributed by atoms with Crippen molar-refractivity contribution in [2.75, 3.05) is 0 Å². The van der Waals surface area contributed by atoms with E-state index in [1.165, 1.54) is 11.8 Å². The van der Waals surface area contributed by atoms with E-state index in [4.69, 9.17) is 9.78 Å². The number of nitriles is 1. The second-order valence-corrected chi connectivity index (χ2v) is 5.72. The Labute approximate surface area is 123 Å². The molecule has 0 saturated heterocycles. The van der Waals surface area contributed by atoms with Crippen LogP contribution in [0, 0.1) is 11.3 Å². The fraction of sp³-hybridized carbons (Fsp3) is 0.0769. The maximum atomic E-state index is 8.83. The molecule has 0 saturated carbocycles. The molecule has 3 aromatic heterocycles. The largest absolute Gasteiger partial charge is 0.338 e. The predicted octanol–water partition coefficient (Wildman–Crippen LogP) is 3.36. The van der Waals surface area contributed by atoms with E-state index in [0.717, 1.165) is 9.90 Å². The molecular formula is C13H8N4OS2. The first-order chi connectivity index (χ1) is 9.85. The molecule has 0 radical (unpaired) electrons. The Morgan fingerprint density at radius 3 is 3.15 bits per heavy atom. The van der Waals surface area contributed by atoms with Crippen LogP contribution >= 0.6 is 23.1 Å². The van der Waals surface area contributed by atoms with Gasteiger partial charge < -0.3 is 4.52 Å². The highest BCUT2D eigenvalue weighted by atomic mass is 32.2. The smallest absolute Gasteiger partial charge is 0.237 e. The molecule has 0 unspecified atom stereocenters. The van der Waals surface area contributed by atoms with Crippen LogP contribution in [0.4, 0.5) is 0 Å². The van der Waals surface area contributed by atoms with Crippen LogP contribution in [0.25, 0.3) is 10.7 Å². The second-order valence-electron chi connectivity index (χ2n) is 3.77. The van der Waals surface area contributed by atoms with Crippen molar-refractivity contribution in [1.29, 1.82) is 5.26 Å². The molecule has 3 heterocycles. The minimum atomic E-state index is 0.528. The molecule has 0 bridgehead atoms. The monoisotopic (exact) mass is 300 g/mol. The zero-order valence-corrected chi connectivity index (χ0v) is 11.8. The SMILES string of the molecule is N#Cc1ccnc(SCc2nc(-c3cccs3)no2)c1. The average Bonchev–Trinajstić information content (AvgIpc) is 3.16. The van der Waals surface area contributed by atoms with Crippen LogP contribution in [0.3, 0.4) is 0 Å². The summed E-state index contributed by atoms with van der Waals surface area (Å²) < 4.78 is 5.20. The maximum Gasteiger partial charge on any atom is 0.237 e. The molecule has 0 aromatic carbocycles. The van der Waals surface area contributed by atoms with E-state index in [2.05, 4.69) is 21.2 Å². The zero-order chi connectivity index (χ0) is 13.8. The first-order valence-electron chi connectivity index (χ1n) is 5.70. The minimum absolute atomic E-state index is 0.528. The second kappa shape index (κ2) is 5.86. The molecule has 3 aromatic rings. The zero-order valence-electron chi connectivity index (χ0n) is 10.2. The minimum Gasteiger partial charge on any atom is -0.338 e. The molecule has 0 spiro atoms. The van der Waals surface area contributed by atoms with Gasteiger partial charge in [0.1, 0.15) is 0 Å². The van der Waals surface area contributed by atoms with Gasteiger partial charge in [-0.3, -0.25) is 0 Å². The van der Waals surface area contributed by atoms with Crippen molar-refractivity contribution in [3.8, 4) is 16.8 Å². The third-order valence-electron chi connectivity index (χ3n) is 2.42. The van der Waals surface area contributed by atoms with E-state index < -0.39 is 0 Å². The van der Waals surface area contributed by atoms with E-state index in [9.17, 15) is 0 Å². The molecule has 98 valence electrons. The molecule has 0 fully saturated rings. The van der Waals surface area contributed by atoms with E-state index >= 15 is 0 Å². The number of thioether (sulfide) groups is 1. The summed E-state index contributed by atoms with van der Waals surface area (Å²) in [5.41, 5.74) is 0.590. The number of hydrogen-bond acceptors (Lipinski definition) is 7. The Balaban J connectivity index is 1.68. The normalized spacial score (nSPS) is 10.3. The number of hydrogen-bond donors (Lipinski definition) is 0. The Kier molecular flexibility index (Phi) is 3.76. The van der Waals surface area contributed by atoms with Crippen molar-refractivity contribution >= 4 is 23.1 Å². The predicted molar refractivity (Wildman–Crippen MR) is 76.1 cm³/mol. The molecule has 0 aliphatic rings. The lowest BCUT2D eigenvalue weighted by atomic mass is 10.3. The van der Waals surface area contributed by atoms with Crippen LogP contribution in [-0.4, -0.2) is 15.1 Å². The van der Waals surface area contributed by atoms with Gasteiger partial charge in [0, 0.05) is 6.20 Å². The lowest BCUT2D eigenvalue weighted by molar-refractivity contribution is 0.392. The first-order valence-corrected chi connectivity index (χ1v) is 7.57. The lowest BCUT2D eigenvalue weighted by Crippen LogP contribution is -1.85. The molecule has 0 N–H and O–H groups in total. The first kappa shape index (κ1) is 12.8. The van der Waals surface area contributed by atoms with Crippen LogP contribution in [0.5, 0.6) is 0 Å². The van der Waals surface area contributed by atoms with Gasteiger partial charge in [-0.1, -0.05) is 23.0 Å². The Hall–Kier alpha value is -2.17. The summed E-state index contributed by atoms with van der Waals surface area (Å²) in [4.78, 5) is 9.49. The Morgan fingerprint density at radius 2 is 2.35 bits per heavy atom. The Morgan fingerprint density at radius 1 is 1.40 bits per heavy atom. The summed E-state index contributed by atoms with van der Waals surface area (Å²) in [6.45, 7) is 0. The van der Waals surface area contributed by atoms with Crippen molar-refractivity contribution in [1.82, 2.24) is 15.1 Å². The van der Waals surface area contributed by atoms with Crippen LogP contribution in [0.1, 0.15) is 11.5 Å². The molecule has 0 amide bonds. The van der Waals surface area contributed by atoms with E-state index in [-0.39, 0.29) is 0 Å². The third-order valence-corrected chi connectivity index (χ3v) is 4.19. The van der Waals surface area contributed by atoms with Gasteiger partial charge in [-0.25, -0.2) is 4.98 Å². The van der Waals surface area contributed by atoms with E-state index in [1.54, 1.807) is 29.7 Å². The number of thiophene rings is 1. The summed E-state index contributed by atoms with van der Waals surface area (Å²) in [5.74, 6) is 1.68. The standard InChI is InChI=1S/C13H8N4OS2/c14-7-9-3-4-15-12(6-9)20-8-11-16-13(17-18-11)10-2-1-5-19-10/h1-6H,8H2. The van der Waals surface area contributed by atoms with Crippen molar-refractivity contribution in [2.24, 2.45) is 0 Å². The van der Waals surface area contributed by atoms with Gasteiger partial charge in [0.2, 0.25) is 11.7 Å². The van der Waals surface area contributed by atoms with Crippen LogP contribution in [-0.2, 0) is 5.75 Å². The number of rotatable bonds is 4. The summed E-state index contributed by atoms with van der Waals surface area (Å²) >= 11 is 3.03. The molecule has 0 aliphatic heterocycles. The van der Waals surface area contributed by atoms with Gasteiger partial charge >= 0.3 is 0 Å². The van der Waals surface area contributed by atoms with Gasteiger partial charge in [0.25, 0.3) is 0 Å². The highest BCUT2D eigenvalue weighted by Crippen LogP contribution is 2.24. The number of aromatic nitrogens is 3. The molecule has 7 heteroatoms. The van der Waals surface area contributed by atoms with Gasteiger partial charge in [0.05, 0.1) is 27.3 Å². The molecule has 0 aliphatic carbocycles. The van der Waals surface area contributed by atoms with E-state index in [1.807, 2.05) is 17.5 Å². The number of pyridine rings is 1. The molecule has 0 atom stereocenters. The van der Waals surface area contributed by atoms with Gasteiger partial charge in [-0.15, -0.1) is 11.3 Å². The topological polar surface area (TPSA) is 75.6 Å². The average molecular weight is 300 g/mol. The van der Waals surface area contributed by atoms with E-state index in [0.29, 0.717) is 23.0 Å². The van der Waals surface area contributed by atoms with Gasteiger partial charge in [0.15, 0.2) is 0 Å². The van der Waals surface area contributed by atoms with Crippen molar-refractivity contribution in [2.45, 2.75) is 10.8 Å². The van der Waals surface area contributed by atoms with Crippen LogP contribution in [0.2, 0.25) is 0 Å². The van der Waals surface area contributed by atoms with Crippen molar-refractivity contribution < 1.29 is 4.52 Å². The molecule has 20 heavy (non-hydrogen) atoms. The molecule has 5 nitrogen and oxygen atoms in total. The third kappa shape index (κ3) is 2.87. The summed E-state index contributed by atoms with van der Waals surface area (Å²) in [6, 6.07) is 9.39. The van der Waals surface area contributed by atoms with Crippen LogP contribution in [0.15, 0.2) is 45.4 Å². The fourth-order valence-electron chi connectivity index (χ4n) is 1.51. The van der Waals surface area contributed by atoms with Gasteiger partial charge in [-0.05, 0) is 23.6 Å². The molecule has 3 rings (SSSR count). The Bertz CT molecular complexity index is 746. The lowest BCUT2D eigenvalue weighted by Gasteiger charge is -1.96. The highest BCUT2D eigenvalue weighted by Gasteiger charge is 2.10. The summed E-state index contributed by atoms with van der Waals surface area (Å²) in [5, 5.41) is 15.5. The maximum absolute atomic E-state index is 8.83. The van der Waals surface area contributed by atoms with Crippen LogP contribution < -0.4 is 0 Å². The number of nitrogens with zero attached hydrogens (tertiary/aromatic N) is 4. The van der Waals surface area contributed by atoms with Crippen molar-refractivity contribution in [3.63, 3.8) is 0 Å². The summed E-state index contributed by atoms with van der Waals surface area (Å²) in [6.07, 6.45) is 1.62.